The van der Waals surface area contributed by atoms with Gasteiger partial charge in [0, 0.05) is 25.2 Å². The quantitative estimate of drug-likeness (QED) is 0.382. The van der Waals surface area contributed by atoms with Crippen LogP contribution in [0.2, 0.25) is 0 Å². The van der Waals surface area contributed by atoms with Gasteiger partial charge in [-0.1, -0.05) is 24.3 Å². The maximum Gasteiger partial charge on any atom is 0.267 e. The topological polar surface area (TPSA) is 85.7 Å². The van der Waals surface area contributed by atoms with Crippen molar-refractivity contribution in [3.63, 3.8) is 0 Å². The molecule has 0 spiro atoms. The molecule has 0 aliphatic carbocycles. The van der Waals surface area contributed by atoms with E-state index >= 15 is 0 Å². The molecule has 0 saturated heterocycles. The Morgan fingerprint density at radius 1 is 0.944 bits per heavy atom. The van der Waals surface area contributed by atoms with Gasteiger partial charge in [-0.15, -0.1) is 0 Å². The predicted molar refractivity (Wildman–Crippen MR) is 142 cm³/mol. The zero-order valence-electron chi connectivity index (χ0n) is 20.9. The molecule has 4 aromatic rings. The van der Waals surface area contributed by atoms with E-state index in [0.717, 1.165) is 11.3 Å². The second-order valence-corrected chi connectivity index (χ2v) is 8.16. The Labute approximate surface area is 210 Å². The smallest absolute Gasteiger partial charge is 0.267 e. The summed E-state index contributed by atoms with van der Waals surface area (Å²) in [6.07, 6.45) is 0. The number of methoxy groups -OCH3 is 2. The number of benzene rings is 3. The number of carbonyl (C=O) groups is 1. The van der Waals surface area contributed by atoms with E-state index in [1.54, 1.807) is 43.1 Å². The third-order valence-corrected chi connectivity index (χ3v) is 6.08. The minimum Gasteiger partial charge on any atom is -0.493 e. The summed E-state index contributed by atoms with van der Waals surface area (Å²) in [4.78, 5) is 33.4. The van der Waals surface area contributed by atoms with Gasteiger partial charge in [0.2, 0.25) is 5.95 Å². The van der Waals surface area contributed by atoms with Gasteiger partial charge in [0.15, 0.2) is 11.5 Å². The van der Waals surface area contributed by atoms with Crippen molar-refractivity contribution >= 4 is 22.8 Å². The van der Waals surface area contributed by atoms with E-state index in [-0.39, 0.29) is 11.5 Å². The number of carbonyl (C=O) groups excluding carboxylic acids is 1. The van der Waals surface area contributed by atoms with Gasteiger partial charge in [0.05, 0.1) is 30.8 Å². The van der Waals surface area contributed by atoms with Crippen molar-refractivity contribution in [1.82, 2.24) is 14.9 Å². The molecule has 36 heavy (non-hydrogen) atoms. The van der Waals surface area contributed by atoms with E-state index in [9.17, 15) is 9.59 Å². The summed E-state index contributed by atoms with van der Waals surface area (Å²) >= 11 is 0. The predicted octanol–water partition coefficient (Wildman–Crippen LogP) is 4.18. The normalized spacial score (nSPS) is 10.8. The lowest BCUT2D eigenvalue weighted by molar-refractivity contribution is 0.0951. The summed E-state index contributed by atoms with van der Waals surface area (Å²) in [5, 5.41) is 3.37. The Morgan fingerprint density at radius 3 is 2.33 bits per heavy atom. The van der Waals surface area contributed by atoms with Gasteiger partial charge in [-0.2, -0.15) is 0 Å². The highest BCUT2D eigenvalue weighted by Crippen LogP contribution is 2.27. The van der Waals surface area contributed by atoms with Gasteiger partial charge >= 0.3 is 0 Å². The van der Waals surface area contributed by atoms with Crippen LogP contribution in [-0.2, 0) is 6.54 Å². The molecule has 0 radical (unpaired) electrons. The Kier molecular flexibility index (Phi) is 7.53. The van der Waals surface area contributed by atoms with Crippen LogP contribution >= 0.6 is 0 Å². The summed E-state index contributed by atoms with van der Waals surface area (Å²) in [7, 11) is 3.15. The molecule has 0 aliphatic rings. The molecule has 0 saturated carbocycles. The highest BCUT2D eigenvalue weighted by molar-refractivity contribution is 5.97. The number of hydrogen-bond donors (Lipinski definition) is 1. The second-order valence-electron chi connectivity index (χ2n) is 8.16. The number of nitrogens with zero attached hydrogens (tertiary/aromatic N) is 3. The summed E-state index contributed by atoms with van der Waals surface area (Å²) in [5.74, 6) is 1.51. The van der Waals surface area contributed by atoms with E-state index < -0.39 is 0 Å². The van der Waals surface area contributed by atoms with E-state index in [0.29, 0.717) is 53.5 Å². The zero-order chi connectivity index (χ0) is 25.7. The molecule has 8 heteroatoms. The third-order valence-electron chi connectivity index (χ3n) is 6.08. The highest BCUT2D eigenvalue weighted by Gasteiger charge is 2.18. The standard InChI is InChI=1S/C28H30N4O4/c1-5-31(6-2)28-30-23-17-20(13-14-22(23)27(34)32(28)21-10-8-7-9-11-21)26(33)29-18-19-12-15-24(35-3)25(16-19)36-4/h7-17H,5-6,18H2,1-4H3,(H,29,33). The number of nitrogens with one attached hydrogen (secondary N) is 1. The highest BCUT2D eigenvalue weighted by atomic mass is 16.5. The molecule has 0 aliphatic heterocycles. The van der Waals surface area contributed by atoms with Crippen LogP contribution in [0.1, 0.15) is 29.8 Å². The number of fused-ring (bicyclic) bond motifs is 1. The van der Waals surface area contributed by atoms with E-state index in [4.69, 9.17) is 14.5 Å². The lowest BCUT2D eigenvalue weighted by Gasteiger charge is -2.24. The Hall–Kier alpha value is -4.33. The maximum atomic E-state index is 13.6. The fourth-order valence-corrected chi connectivity index (χ4v) is 4.12. The van der Waals surface area contributed by atoms with Crippen molar-refractivity contribution in [3.05, 3.63) is 88.2 Å². The Morgan fingerprint density at radius 2 is 1.67 bits per heavy atom. The lowest BCUT2D eigenvalue weighted by atomic mass is 10.1. The monoisotopic (exact) mass is 486 g/mol. The average Bonchev–Trinajstić information content (AvgIpc) is 2.92. The summed E-state index contributed by atoms with van der Waals surface area (Å²) in [6, 6.07) is 19.9. The molecule has 1 amide bonds. The lowest BCUT2D eigenvalue weighted by Crippen LogP contribution is -2.32. The molecule has 3 aromatic carbocycles. The number of aromatic nitrogens is 2. The molecule has 1 N–H and O–H groups in total. The van der Waals surface area contributed by atoms with Crippen molar-refractivity contribution in [2.24, 2.45) is 0 Å². The van der Waals surface area contributed by atoms with Gasteiger partial charge in [0.1, 0.15) is 0 Å². The molecular weight excluding hydrogens is 456 g/mol. The molecule has 4 rings (SSSR count). The first kappa shape index (κ1) is 24.8. The number of para-hydroxylation sites is 1. The molecule has 0 unspecified atom stereocenters. The average molecular weight is 487 g/mol. The summed E-state index contributed by atoms with van der Waals surface area (Å²) in [6.45, 7) is 5.73. The molecule has 1 heterocycles. The van der Waals surface area contributed by atoms with E-state index in [2.05, 4.69) is 5.32 Å². The van der Waals surface area contributed by atoms with Gasteiger partial charge in [-0.3, -0.25) is 9.59 Å². The van der Waals surface area contributed by atoms with Gasteiger partial charge in [-0.25, -0.2) is 9.55 Å². The Bertz CT molecular complexity index is 1430. The van der Waals surface area contributed by atoms with Crippen LogP contribution in [0.15, 0.2) is 71.5 Å². The number of rotatable bonds is 9. The van der Waals surface area contributed by atoms with Crippen LogP contribution < -0.4 is 25.2 Å². The molecule has 186 valence electrons. The molecule has 0 fully saturated rings. The van der Waals surface area contributed by atoms with Gasteiger partial charge in [-0.05, 0) is 61.9 Å². The van der Waals surface area contributed by atoms with Crippen molar-refractivity contribution in [2.75, 3.05) is 32.2 Å². The number of amides is 1. The van der Waals surface area contributed by atoms with Crippen LogP contribution in [0.5, 0.6) is 11.5 Å². The number of ether oxygens (including phenoxy) is 2. The minimum atomic E-state index is -0.259. The zero-order valence-corrected chi connectivity index (χ0v) is 20.9. The molecule has 8 nitrogen and oxygen atoms in total. The molecule has 0 bridgehead atoms. The van der Waals surface area contributed by atoms with Crippen molar-refractivity contribution in [2.45, 2.75) is 20.4 Å². The van der Waals surface area contributed by atoms with Crippen LogP contribution in [0.3, 0.4) is 0 Å². The molecule has 0 atom stereocenters. The maximum absolute atomic E-state index is 13.6. The SMILES string of the molecule is CCN(CC)c1nc2cc(C(=O)NCc3ccc(OC)c(OC)c3)ccc2c(=O)n1-c1ccccc1. The number of hydrogen-bond acceptors (Lipinski definition) is 6. The largest absolute Gasteiger partial charge is 0.493 e. The summed E-state index contributed by atoms with van der Waals surface area (Å²) in [5.41, 5.74) is 2.35. The third kappa shape index (κ3) is 4.88. The van der Waals surface area contributed by atoms with Gasteiger partial charge in [0.25, 0.3) is 11.5 Å². The minimum absolute atomic E-state index is 0.176. The molecule has 1 aromatic heterocycles. The fourth-order valence-electron chi connectivity index (χ4n) is 4.12. The van der Waals surface area contributed by atoms with Crippen molar-refractivity contribution in [3.8, 4) is 17.2 Å². The second kappa shape index (κ2) is 10.9. The van der Waals surface area contributed by atoms with E-state index in [1.165, 1.54) is 0 Å². The van der Waals surface area contributed by atoms with Gasteiger partial charge < -0.3 is 19.7 Å². The molecular formula is C28H30N4O4. The first-order chi connectivity index (χ1) is 17.5. The van der Waals surface area contributed by atoms with E-state index in [1.807, 2.05) is 61.2 Å². The van der Waals surface area contributed by atoms with Crippen LogP contribution in [0, 0.1) is 0 Å². The van der Waals surface area contributed by atoms with Crippen LogP contribution in [0.4, 0.5) is 5.95 Å². The summed E-state index contributed by atoms with van der Waals surface area (Å²) < 4.78 is 12.2. The fraction of sp³-hybridized carbons (Fsp3) is 0.250. The van der Waals surface area contributed by atoms with Crippen LogP contribution in [0.25, 0.3) is 16.6 Å². The Balaban J connectivity index is 1.68. The number of anilines is 1. The van der Waals surface area contributed by atoms with Crippen molar-refractivity contribution in [1.29, 1.82) is 0 Å². The van der Waals surface area contributed by atoms with Crippen molar-refractivity contribution < 1.29 is 14.3 Å². The first-order valence-corrected chi connectivity index (χ1v) is 11.9. The first-order valence-electron chi connectivity index (χ1n) is 11.9. The van der Waals surface area contributed by atoms with Crippen LogP contribution in [-0.4, -0.2) is 42.8 Å².